The molecule has 1 heterocycles. The minimum Gasteiger partial charge on any atom is -0.457 e. The van der Waals surface area contributed by atoms with E-state index in [0.717, 1.165) is 24.3 Å². The Bertz CT molecular complexity index is 590. The van der Waals surface area contributed by atoms with Crippen LogP contribution >= 0.6 is 24.2 Å². The van der Waals surface area contributed by atoms with E-state index in [1.165, 1.54) is 5.56 Å². The summed E-state index contributed by atoms with van der Waals surface area (Å²) in [6.07, 6.45) is 3.94. The Morgan fingerprint density at radius 3 is 2.29 bits per heavy atom. The van der Waals surface area contributed by atoms with Crippen molar-refractivity contribution in [2.75, 3.05) is 0 Å². The molecule has 3 rings (SSSR count). The Morgan fingerprint density at radius 1 is 1.00 bits per heavy atom. The summed E-state index contributed by atoms with van der Waals surface area (Å²) in [6, 6.07) is 18.0. The van der Waals surface area contributed by atoms with E-state index in [-0.39, 0.29) is 17.3 Å². The van der Waals surface area contributed by atoms with Gasteiger partial charge in [-0.3, -0.25) is 0 Å². The fourth-order valence-corrected chi connectivity index (χ4v) is 3.14. The van der Waals surface area contributed by atoms with Gasteiger partial charge in [0.05, 0.1) is 4.87 Å². The molecule has 110 valence electrons. The number of thioether (sulfide) groups is 1. The molecule has 0 saturated heterocycles. The van der Waals surface area contributed by atoms with E-state index in [1.54, 1.807) is 11.8 Å². The molecular weight excluding hydrogens is 302 g/mol. The van der Waals surface area contributed by atoms with Crippen LogP contribution in [0.3, 0.4) is 0 Å². The van der Waals surface area contributed by atoms with Crippen LogP contribution in [0.15, 0.2) is 66.1 Å². The number of nitrogens with two attached hydrogens (primary N) is 1. The van der Waals surface area contributed by atoms with Crippen molar-refractivity contribution in [1.82, 2.24) is 0 Å². The van der Waals surface area contributed by atoms with Gasteiger partial charge in [0.25, 0.3) is 0 Å². The normalized spacial score (nSPS) is 20.0. The molecule has 0 radical (unpaired) electrons. The molecule has 0 bridgehead atoms. The molecule has 2 nitrogen and oxygen atoms in total. The number of hydrogen-bond donors (Lipinski definition) is 1. The maximum absolute atomic E-state index is 6.32. The zero-order valence-electron chi connectivity index (χ0n) is 11.6. The van der Waals surface area contributed by atoms with Gasteiger partial charge in [-0.05, 0) is 41.7 Å². The van der Waals surface area contributed by atoms with E-state index >= 15 is 0 Å². The molecule has 21 heavy (non-hydrogen) atoms. The summed E-state index contributed by atoms with van der Waals surface area (Å²) >= 11 is 1.71. The van der Waals surface area contributed by atoms with Crippen LogP contribution < -0.4 is 10.5 Å². The van der Waals surface area contributed by atoms with Gasteiger partial charge in [-0.2, -0.15) is 0 Å². The van der Waals surface area contributed by atoms with E-state index in [2.05, 4.69) is 23.6 Å². The summed E-state index contributed by atoms with van der Waals surface area (Å²) in [5.74, 6) is 1.70. The molecule has 1 aliphatic heterocycles. The minimum absolute atomic E-state index is 0. The van der Waals surface area contributed by atoms with Gasteiger partial charge in [0, 0.05) is 6.42 Å². The lowest BCUT2D eigenvalue weighted by molar-refractivity contribution is 0.482. The lowest BCUT2D eigenvalue weighted by Gasteiger charge is -2.22. The first kappa shape index (κ1) is 16.0. The predicted molar refractivity (Wildman–Crippen MR) is 92.2 cm³/mol. The Morgan fingerprint density at radius 2 is 1.67 bits per heavy atom. The molecule has 1 atom stereocenters. The van der Waals surface area contributed by atoms with Crippen LogP contribution in [0.4, 0.5) is 0 Å². The van der Waals surface area contributed by atoms with Gasteiger partial charge < -0.3 is 10.5 Å². The van der Waals surface area contributed by atoms with Crippen molar-refractivity contribution in [3.05, 3.63) is 71.6 Å². The average molecular weight is 320 g/mol. The van der Waals surface area contributed by atoms with Crippen LogP contribution in [0.2, 0.25) is 0 Å². The van der Waals surface area contributed by atoms with Crippen LogP contribution in [-0.4, -0.2) is 4.87 Å². The van der Waals surface area contributed by atoms with Gasteiger partial charge in [0.2, 0.25) is 0 Å². The predicted octanol–water partition coefficient (Wildman–Crippen LogP) is 4.75. The van der Waals surface area contributed by atoms with Crippen LogP contribution in [0, 0.1) is 0 Å². The highest BCUT2D eigenvalue weighted by molar-refractivity contribution is 8.03. The summed E-state index contributed by atoms with van der Waals surface area (Å²) < 4.78 is 5.78. The zero-order chi connectivity index (χ0) is 13.8. The maximum atomic E-state index is 6.32. The number of halogens is 1. The largest absolute Gasteiger partial charge is 0.457 e. The lowest BCUT2D eigenvalue weighted by Crippen LogP contribution is -2.35. The Balaban J connectivity index is 0.00000161. The zero-order valence-corrected chi connectivity index (χ0v) is 13.2. The first-order chi connectivity index (χ1) is 9.73. The van der Waals surface area contributed by atoms with Gasteiger partial charge >= 0.3 is 0 Å². The molecule has 1 aliphatic rings. The molecule has 0 amide bonds. The number of para-hydroxylation sites is 1. The quantitative estimate of drug-likeness (QED) is 0.883. The first-order valence-electron chi connectivity index (χ1n) is 6.67. The fourth-order valence-electron chi connectivity index (χ4n) is 2.24. The van der Waals surface area contributed by atoms with E-state index in [4.69, 9.17) is 10.5 Å². The second-order valence-electron chi connectivity index (χ2n) is 4.99. The molecule has 2 N–H and O–H groups in total. The number of rotatable bonds is 4. The average Bonchev–Trinajstić information content (AvgIpc) is 2.89. The molecule has 1 unspecified atom stereocenters. The molecular formula is C17H18ClNOS. The smallest absolute Gasteiger partial charge is 0.127 e. The van der Waals surface area contributed by atoms with Gasteiger partial charge in [0.15, 0.2) is 0 Å². The molecule has 4 heteroatoms. The number of benzene rings is 2. The van der Waals surface area contributed by atoms with E-state index in [0.29, 0.717) is 0 Å². The number of hydrogen-bond acceptors (Lipinski definition) is 3. The molecule has 0 spiro atoms. The molecule has 0 aliphatic carbocycles. The number of ether oxygens (including phenoxy) is 1. The molecule has 2 aromatic rings. The summed E-state index contributed by atoms with van der Waals surface area (Å²) in [5.41, 5.74) is 7.56. The Kier molecular flexibility index (Phi) is 5.34. The third kappa shape index (κ3) is 4.27. The van der Waals surface area contributed by atoms with Crippen molar-refractivity contribution in [3.8, 4) is 11.5 Å². The molecule has 0 fully saturated rings. The van der Waals surface area contributed by atoms with Gasteiger partial charge in [-0.25, -0.2) is 0 Å². The van der Waals surface area contributed by atoms with Crippen LogP contribution in [0.1, 0.15) is 12.0 Å². The van der Waals surface area contributed by atoms with Crippen molar-refractivity contribution in [2.24, 2.45) is 5.73 Å². The van der Waals surface area contributed by atoms with E-state index in [1.807, 2.05) is 42.5 Å². The second kappa shape index (κ2) is 7.03. The SMILES string of the molecule is Cl.NC1(Cc2ccc(Oc3ccccc3)cc2)CC=CS1. The summed E-state index contributed by atoms with van der Waals surface area (Å²) in [7, 11) is 0. The topological polar surface area (TPSA) is 35.2 Å². The monoisotopic (exact) mass is 319 g/mol. The highest BCUT2D eigenvalue weighted by atomic mass is 35.5. The van der Waals surface area contributed by atoms with Crippen molar-refractivity contribution in [2.45, 2.75) is 17.7 Å². The standard InChI is InChI=1S/C17H17NOS.ClH/c18-17(11-4-12-20-17)13-14-7-9-16(10-8-14)19-15-5-2-1-3-6-15;/h1-10,12H,11,13,18H2;1H. The van der Waals surface area contributed by atoms with Gasteiger partial charge in [-0.1, -0.05) is 36.4 Å². The van der Waals surface area contributed by atoms with E-state index < -0.39 is 0 Å². The fraction of sp³-hybridized carbons (Fsp3) is 0.176. The third-order valence-corrected chi connectivity index (χ3v) is 4.38. The Labute approximate surface area is 135 Å². The van der Waals surface area contributed by atoms with Crippen LogP contribution in [-0.2, 0) is 6.42 Å². The molecule has 0 aromatic heterocycles. The van der Waals surface area contributed by atoms with E-state index in [9.17, 15) is 0 Å². The Hall–Kier alpha value is -1.42. The highest BCUT2D eigenvalue weighted by Gasteiger charge is 2.26. The molecule has 2 aromatic carbocycles. The van der Waals surface area contributed by atoms with Gasteiger partial charge in [0.1, 0.15) is 11.5 Å². The molecule has 0 saturated carbocycles. The minimum atomic E-state index is -0.179. The lowest BCUT2D eigenvalue weighted by atomic mass is 10.0. The van der Waals surface area contributed by atoms with Crippen molar-refractivity contribution in [3.63, 3.8) is 0 Å². The second-order valence-corrected chi connectivity index (χ2v) is 6.32. The summed E-state index contributed by atoms with van der Waals surface area (Å²) in [5, 5.41) is 2.09. The van der Waals surface area contributed by atoms with Crippen LogP contribution in [0.5, 0.6) is 11.5 Å². The van der Waals surface area contributed by atoms with Crippen LogP contribution in [0.25, 0.3) is 0 Å². The summed E-state index contributed by atoms with van der Waals surface area (Å²) in [4.78, 5) is -0.179. The summed E-state index contributed by atoms with van der Waals surface area (Å²) in [6.45, 7) is 0. The van der Waals surface area contributed by atoms with Crippen molar-refractivity contribution < 1.29 is 4.74 Å². The van der Waals surface area contributed by atoms with Crippen molar-refractivity contribution >= 4 is 24.2 Å². The highest BCUT2D eigenvalue weighted by Crippen LogP contribution is 2.34. The van der Waals surface area contributed by atoms with Crippen molar-refractivity contribution in [1.29, 1.82) is 0 Å². The third-order valence-electron chi connectivity index (χ3n) is 3.27. The first-order valence-corrected chi connectivity index (χ1v) is 7.55. The maximum Gasteiger partial charge on any atom is 0.127 e. The van der Waals surface area contributed by atoms with Gasteiger partial charge in [-0.15, -0.1) is 24.2 Å².